The normalized spacial score (nSPS) is 13.3. The van der Waals surface area contributed by atoms with E-state index in [4.69, 9.17) is 18.9 Å². The number of ether oxygens (including phenoxy) is 4. The third kappa shape index (κ3) is 67.7. The van der Waals surface area contributed by atoms with Gasteiger partial charge in [-0.1, -0.05) is 323 Å². The fourth-order valence-electron chi connectivity index (χ4n) is 10.2. The number of hydrogen-bond acceptors (Lipinski definition) is 7. The molecule has 2 atom stereocenters. The molecule has 1 N–H and O–H groups in total. The van der Waals surface area contributed by atoms with Crippen LogP contribution in [0.15, 0.2) is 97.2 Å². The van der Waals surface area contributed by atoms with Crippen LogP contribution in [0.4, 0.5) is 0 Å². The van der Waals surface area contributed by atoms with E-state index < -0.39 is 24.3 Å². The summed E-state index contributed by atoms with van der Waals surface area (Å²) >= 11 is 0. The summed E-state index contributed by atoms with van der Waals surface area (Å²) in [6, 6.07) is 0. The number of carbonyl (C=O) groups is 3. The van der Waals surface area contributed by atoms with E-state index in [0.29, 0.717) is 23.9 Å². The molecule has 2 unspecified atom stereocenters. The molecule has 0 saturated heterocycles. The first-order chi connectivity index (χ1) is 42.1. The Morgan fingerprint density at radius 1 is 0.360 bits per heavy atom. The first kappa shape index (κ1) is 82.2. The second-order valence-electron chi connectivity index (χ2n) is 25.2. The zero-order valence-corrected chi connectivity index (χ0v) is 56.7. The number of unbranched alkanes of at least 4 members (excludes halogenated alkanes) is 35. The number of nitrogens with zero attached hydrogens (tertiary/aromatic N) is 1. The van der Waals surface area contributed by atoms with Crippen LogP contribution in [0.25, 0.3) is 0 Å². The van der Waals surface area contributed by atoms with Crippen LogP contribution in [-0.4, -0.2) is 87.4 Å². The van der Waals surface area contributed by atoms with Crippen LogP contribution in [0.1, 0.15) is 316 Å². The molecule has 0 aromatic carbocycles. The molecule has 0 aliphatic heterocycles. The Morgan fingerprint density at radius 3 is 0.988 bits per heavy atom. The number of carboxylic acid groups (broad SMARTS) is 1. The highest BCUT2D eigenvalue weighted by molar-refractivity contribution is 5.71. The molecular weight excluding hydrogens is 1070 g/mol. The number of aliphatic carboxylic acids is 1. The van der Waals surface area contributed by atoms with Crippen LogP contribution in [0.3, 0.4) is 0 Å². The van der Waals surface area contributed by atoms with Crippen LogP contribution < -0.4 is 0 Å². The molecule has 0 fully saturated rings. The highest BCUT2D eigenvalue weighted by Gasteiger charge is 2.25. The molecule has 496 valence electrons. The third-order valence-electron chi connectivity index (χ3n) is 15.6. The van der Waals surface area contributed by atoms with Gasteiger partial charge in [0.25, 0.3) is 6.29 Å². The van der Waals surface area contributed by atoms with Gasteiger partial charge in [0.1, 0.15) is 13.2 Å². The quantitative estimate of drug-likeness (QED) is 0.0211. The Morgan fingerprint density at radius 2 is 0.663 bits per heavy atom. The molecule has 0 bridgehead atoms. The fraction of sp³-hybridized carbons (Fsp3) is 0.753. The van der Waals surface area contributed by atoms with E-state index in [1.165, 1.54) is 173 Å². The minimum atomic E-state index is -1.52. The third-order valence-corrected chi connectivity index (χ3v) is 15.6. The molecule has 9 heteroatoms. The number of allylic oxidation sites excluding steroid dienone is 16. The molecule has 0 saturated carbocycles. The number of esters is 2. The van der Waals surface area contributed by atoms with Crippen molar-refractivity contribution in [3.8, 4) is 0 Å². The van der Waals surface area contributed by atoms with Gasteiger partial charge in [-0.3, -0.25) is 9.59 Å². The van der Waals surface area contributed by atoms with Crippen molar-refractivity contribution in [2.75, 3.05) is 47.5 Å². The Bertz CT molecular complexity index is 1730. The topological polar surface area (TPSA) is 108 Å². The Labute approximate surface area is 531 Å². The summed E-state index contributed by atoms with van der Waals surface area (Å²) in [4.78, 5) is 37.6. The van der Waals surface area contributed by atoms with Gasteiger partial charge in [0.05, 0.1) is 34.4 Å². The monoisotopic (exact) mass is 1200 g/mol. The lowest BCUT2D eigenvalue weighted by Gasteiger charge is -2.25. The van der Waals surface area contributed by atoms with Gasteiger partial charge in [-0.25, -0.2) is 4.79 Å². The van der Waals surface area contributed by atoms with Crippen molar-refractivity contribution in [3.05, 3.63) is 97.2 Å². The van der Waals surface area contributed by atoms with Crippen molar-refractivity contribution >= 4 is 17.9 Å². The lowest BCUT2D eigenvalue weighted by molar-refractivity contribution is -0.870. The van der Waals surface area contributed by atoms with Crippen LogP contribution in [0, 0.1) is 0 Å². The number of rotatable bonds is 66. The Hall–Kier alpha value is -3.79. The van der Waals surface area contributed by atoms with Crippen molar-refractivity contribution in [3.63, 3.8) is 0 Å². The summed E-state index contributed by atoms with van der Waals surface area (Å²) < 4.78 is 23.0. The van der Waals surface area contributed by atoms with Gasteiger partial charge in [0.2, 0.25) is 0 Å². The summed E-state index contributed by atoms with van der Waals surface area (Å²) in [5, 5.41) is 9.75. The van der Waals surface area contributed by atoms with Gasteiger partial charge < -0.3 is 28.5 Å². The molecule has 0 heterocycles. The lowest BCUT2D eigenvalue weighted by Crippen LogP contribution is -2.40. The maximum absolute atomic E-state index is 12.9. The predicted octanol–water partition coefficient (Wildman–Crippen LogP) is 22.4. The minimum Gasteiger partial charge on any atom is -0.477 e. The number of carbonyl (C=O) groups excluding carboxylic acids is 2. The molecule has 0 aromatic rings. The van der Waals surface area contributed by atoms with Crippen LogP contribution in [-0.2, 0) is 33.3 Å². The van der Waals surface area contributed by atoms with Gasteiger partial charge >= 0.3 is 17.9 Å². The summed E-state index contributed by atoms with van der Waals surface area (Å²) in [6.45, 7) is 4.78. The van der Waals surface area contributed by atoms with Crippen LogP contribution in [0.2, 0.25) is 0 Å². The highest BCUT2D eigenvalue weighted by Crippen LogP contribution is 2.18. The van der Waals surface area contributed by atoms with Crippen molar-refractivity contribution in [2.24, 2.45) is 0 Å². The summed E-state index contributed by atoms with van der Waals surface area (Å²) in [6.07, 6.45) is 89.6. The summed E-state index contributed by atoms with van der Waals surface area (Å²) in [5.74, 6) is -2.02. The van der Waals surface area contributed by atoms with E-state index in [9.17, 15) is 19.5 Å². The van der Waals surface area contributed by atoms with Crippen molar-refractivity contribution in [1.29, 1.82) is 0 Å². The zero-order chi connectivity index (χ0) is 62.6. The molecule has 0 radical (unpaired) electrons. The largest absolute Gasteiger partial charge is 0.477 e. The molecule has 9 nitrogen and oxygen atoms in total. The average Bonchev–Trinajstić information content (AvgIpc) is 3.64. The van der Waals surface area contributed by atoms with E-state index >= 15 is 0 Å². The van der Waals surface area contributed by atoms with E-state index in [1.807, 2.05) is 21.1 Å². The summed E-state index contributed by atoms with van der Waals surface area (Å²) in [5.41, 5.74) is 0. The van der Waals surface area contributed by atoms with E-state index in [2.05, 4.69) is 111 Å². The maximum Gasteiger partial charge on any atom is 0.361 e. The first-order valence-corrected chi connectivity index (χ1v) is 35.9. The van der Waals surface area contributed by atoms with Gasteiger partial charge in [-0.2, -0.15) is 0 Å². The van der Waals surface area contributed by atoms with Gasteiger partial charge in [0, 0.05) is 12.8 Å². The Kier molecular flexibility index (Phi) is 64.2. The van der Waals surface area contributed by atoms with Gasteiger partial charge in [0.15, 0.2) is 6.10 Å². The molecule has 0 rings (SSSR count). The standard InChI is InChI=1S/C77H135NO8/c1-6-8-10-12-14-16-18-20-22-24-26-28-30-32-34-36-38-40-42-44-46-48-50-52-54-56-58-60-62-64-66-68-75(80)86-73(72-85-77(76(81)82)83-70-69-78(3,4)5)71-84-74(79)67-65-63-61-59-57-55-53-51-49-47-45-43-41-39-37-35-33-31-29-27-25-23-21-19-17-15-13-11-9-7-2/h8,10,14,16,20,22,26,28,32,34,38,40,44,46,50,52,73,77H,6-7,9,11-13,15,17-19,21,23-25,27,29-31,33,35-37,39,41-43,45,47-49,51,53-72H2,1-5H3/p+1/b10-8-,16-14-,22-20-,28-26-,34-32-,40-38-,46-44-,52-50-. The average molecular weight is 1200 g/mol. The summed E-state index contributed by atoms with van der Waals surface area (Å²) in [7, 11) is 5.97. The number of carboxylic acids is 1. The molecule has 86 heavy (non-hydrogen) atoms. The fourth-order valence-corrected chi connectivity index (χ4v) is 10.2. The Balaban J connectivity index is 4.15. The van der Waals surface area contributed by atoms with E-state index in [-0.39, 0.29) is 32.2 Å². The van der Waals surface area contributed by atoms with E-state index in [1.54, 1.807) is 0 Å². The van der Waals surface area contributed by atoms with Crippen molar-refractivity contribution in [1.82, 2.24) is 0 Å². The molecule has 0 aliphatic carbocycles. The SMILES string of the molecule is CC/C=C\C/C=C\C/C=C\C/C=C\C/C=C\C/C=C\C/C=C\C/C=C\CCCCCCCCC(=O)OC(COC(=O)CCCCCCCCCCCCCCCCCCCCCCCCCCCCCCCC)COC(OCC[N+](C)(C)C)C(=O)O. The second-order valence-corrected chi connectivity index (χ2v) is 25.2. The van der Waals surface area contributed by atoms with Gasteiger partial charge in [-0.05, 0) is 77.0 Å². The first-order valence-electron chi connectivity index (χ1n) is 35.9. The molecule has 0 amide bonds. The van der Waals surface area contributed by atoms with Crippen LogP contribution >= 0.6 is 0 Å². The predicted molar refractivity (Wildman–Crippen MR) is 369 cm³/mol. The van der Waals surface area contributed by atoms with Crippen molar-refractivity contribution in [2.45, 2.75) is 328 Å². The van der Waals surface area contributed by atoms with Crippen molar-refractivity contribution < 1.29 is 42.9 Å². The highest BCUT2D eigenvalue weighted by atomic mass is 16.7. The lowest BCUT2D eigenvalue weighted by atomic mass is 10.0. The molecule has 0 aromatic heterocycles. The number of likely N-dealkylation sites (N-methyl/N-ethyl adjacent to an activating group) is 1. The number of quaternary nitrogens is 1. The second kappa shape index (κ2) is 67.1. The molecule has 0 aliphatic rings. The van der Waals surface area contributed by atoms with Gasteiger partial charge in [-0.15, -0.1) is 0 Å². The maximum atomic E-state index is 12.9. The minimum absolute atomic E-state index is 0.181. The molecule has 0 spiro atoms. The zero-order valence-electron chi connectivity index (χ0n) is 56.7. The van der Waals surface area contributed by atoms with Crippen LogP contribution in [0.5, 0.6) is 0 Å². The van der Waals surface area contributed by atoms with E-state index in [0.717, 1.165) is 109 Å². The number of hydrogen-bond donors (Lipinski definition) is 1. The molecular formula is C77H136NO8+. The smallest absolute Gasteiger partial charge is 0.361 e.